The van der Waals surface area contributed by atoms with Gasteiger partial charge in [-0.05, 0) is 41.5 Å². The number of nitro benzene ring substituents is 1. The molecule has 0 saturated heterocycles. The fraction of sp³-hybridized carbons (Fsp3) is 0. The summed E-state index contributed by atoms with van der Waals surface area (Å²) in [7, 11) is 0. The molecule has 0 aliphatic heterocycles. The second-order valence-corrected chi connectivity index (χ2v) is 4.90. The lowest BCUT2D eigenvalue weighted by atomic mass is 10.2. The van der Waals surface area contributed by atoms with E-state index in [0.29, 0.717) is 10.6 Å². The van der Waals surface area contributed by atoms with Crippen LogP contribution in [0, 0.1) is 10.1 Å². The van der Waals surface area contributed by atoms with Crippen molar-refractivity contribution in [3.63, 3.8) is 0 Å². The fourth-order valence-electron chi connectivity index (χ4n) is 1.64. The van der Waals surface area contributed by atoms with E-state index in [1.807, 2.05) is 0 Å². The third-order valence-corrected chi connectivity index (χ3v) is 3.04. The maximum atomic E-state index is 11.6. The zero-order valence-corrected chi connectivity index (χ0v) is 12.6. The van der Waals surface area contributed by atoms with Crippen molar-refractivity contribution in [3.05, 3.63) is 80.9 Å². The maximum Gasteiger partial charge on any atom is 0.269 e. The third kappa shape index (κ3) is 5.37. The van der Waals surface area contributed by atoms with E-state index in [2.05, 4.69) is 10.5 Å². The first-order valence-electron chi connectivity index (χ1n) is 6.56. The minimum absolute atomic E-state index is 0.00270. The highest BCUT2D eigenvalue weighted by Crippen LogP contribution is 2.11. The molecule has 6 nitrogen and oxygen atoms in total. The quantitative estimate of drug-likeness (QED) is 0.395. The minimum atomic E-state index is -0.482. The lowest BCUT2D eigenvalue weighted by Gasteiger charge is -1.96. The van der Waals surface area contributed by atoms with Crippen LogP contribution in [0.25, 0.3) is 6.08 Å². The zero-order chi connectivity index (χ0) is 16.7. The number of nitro groups is 1. The molecule has 0 heterocycles. The molecule has 2 aromatic carbocycles. The Morgan fingerprint density at radius 2 is 1.70 bits per heavy atom. The molecule has 0 atom stereocenters. The maximum absolute atomic E-state index is 11.6. The third-order valence-electron chi connectivity index (χ3n) is 2.79. The van der Waals surface area contributed by atoms with Crippen molar-refractivity contribution in [2.75, 3.05) is 0 Å². The summed E-state index contributed by atoms with van der Waals surface area (Å²) >= 11 is 5.77. The summed E-state index contributed by atoms with van der Waals surface area (Å²) in [5, 5.41) is 14.9. The summed E-state index contributed by atoms with van der Waals surface area (Å²) in [5.74, 6) is -0.391. The van der Waals surface area contributed by atoms with Crippen LogP contribution in [0.2, 0.25) is 5.02 Å². The first-order chi connectivity index (χ1) is 11.0. The molecule has 7 heteroatoms. The molecule has 2 rings (SSSR count). The Bertz CT molecular complexity index is 753. The average Bonchev–Trinajstić information content (AvgIpc) is 2.55. The van der Waals surface area contributed by atoms with Crippen LogP contribution >= 0.6 is 11.6 Å². The summed E-state index contributed by atoms with van der Waals surface area (Å²) in [6.07, 6.45) is 4.38. The molecule has 0 fully saturated rings. The number of hydrogen-bond donors (Lipinski definition) is 1. The smallest absolute Gasteiger partial charge is 0.268 e. The SMILES string of the molecule is O=C(/C=C/c1ccc(Cl)cc1)N/N=C\c1ccc([N+](=O)[O-])cc1. The Kier molecular flexibility index (Phi) is 5.60. The van der Waals surface area contributed by atoms with Crippen LogP contribution in [-0.4, -0.2) is 17.0 Å². The Labute approximate surface area is 137 Å². The predicted molar refractivity (Wildman–Crippen MR) is 89.3 cm³/mol. The lowest BCUT2D eigenvalue weighted by molar-refractivity contribution is -0.384. The number of benzene rings is 2. The Hall–Kier alpha value is -2.99. The van der Waals surface area contributed by atoms with E-state index in [1.54, 1.807) is 30.3 Å². The van der Waals surface area contributed by atoms with Gasteiger partial charge in [-0.15, -0.1) is 0 Å². The van der Waals surface area contributed by atoms with Crippen molar-refractivity contribution in [3.8, 4) is 0 Å². The van der Waals surface area contributed by atoms with Crippen molar-refractivity contribution in [1.29, 1.82) is 0 Å². The molecule has 0 aliphatic carbocycles. The van der Waals surface area contributed by atoms with Gasteiger partial charge in [0.2, 0.25) is 0 Å². The van der Waals surface area contributed by atoms with E-state index in [1.165, 1.54) is 36.6 Å². The van der Waals surface area contributed by atoms with Crippen molar-refractivity contribution in [2.45, 2.75) is 0 Å². The highest BCUT2D eigenvalue weighted by atomic mass is 35.5. The van der Waals surface area contributed by atoms with Crippen molar-refractivity contribution < 1.29 is 9.72 Å². The molecule has 0 unspecified atom stereocenters. The molecule has 0 saturated carbocycles. The molecule has 0 aromatic heterocycles. The molecule has 116 valence electrons. The molecule has 2 aromatic rings. The number of nitrogens with one attached hydrogen (secondary N) is 1. The number of hydrogen-bond acceptors (Lipinski definition) is 4. The highest BCUT2D eigenvalue weighted by molar-refractivity contribution is 6.30. The molecule has 0 bridgehead atoms. The van der Waals surface area contributed by atoms with Crippen LogP contribution in [-0.2, 0) is 4.79 Å². The van der Waals surface area contributed by atoms with Gasteiger partial charge in [-0.3, -0.25) is 14.9 Å². The number of hydrazone groups is 1. The van der Waals surface area contributed by atoms with Gasteiger partial charge in [-0.25, -0.2) is 5.43 Å². The Morgan fingerprint density at radius 3 is 2.30 bits per heavy atom. The summed E-state index contributed by atoms with van der Waals surface area (Å²) in [6, 6.07) is 12.8. The van der Waals surface area contributed by atoms with Crippen LogP contribution in [0.3, 0.4) is 0 Å². The Morgan fingerprint density at radius 1 is 1.09 bits per heavy atom. The van der Waals surface area contributed by atoms with Gasteiger partial charge in [0.05, 0.1) is 11.1 Å². The number of nitrogens with zero attached hydrogens (tertiary/aromatic N) is 2. The van der Waals surface area contributed by atoms with Gasteiger partial charge >= 0.3 is 0 Å². The van der Waals surface area contributed by atoms with Gasteiger partial charge < -0.3 is 0 Å². The van der Waals surface area contributed by atoms with E-state index in [9.17, 15) is 14.9 Å². The van der Waals surface area contributed by atoms with Gasteiger partial charge in [-0.1, -0.05) is 23.7 Å². The summed E-state index contributed by atoms with van der Waals surface area (Å²) < 4.78 is 0. The predicted octanol–water partition coefficient (Wildman–Crippen LogP) is 3.41. The standard InChI is InChI=1S/C16H12ClN3O3/c17-14-6-1-12(2-7-14)5-10-16(21)19-18-11-13-3-8-15(9-4-13)20(22)23/h1-11H,(H,19,21)/b10-5+,18-11-. The molecular weight excluding hydrogens is 318 g/mol. The molecular formula is C16H12ClN3O3. The molecule has 1 amide bonds. The summed E-state index contributed by atoms with van der Waals surface area (Å²) in [4.78, 5) is 21.6. The van der Waals surface area contributed by atoms with Crippen LogP contribution < -0.4 is 5.43 Å². The summed E-state index contributed by atoms with van der Waals surface area (Å²) in [6.45, 7) is 0. The molecule has 0 aliphatic rings. The van der Waals surface area contributed by atoms with Crippen LogP contribution in [0.1, 0.15) is 11.1 Å². The number of halogens is 1. The van der Waals surface area contributed by atoms with E-state index in [-0.39, 0.29) is 5.69 Å². The van der Waals surface area contributed by atoms with Gasteiger partial charge in [0, 0.05) is 23.2 Å². The van der Waals surface area contributed by atoms with Gasteiger partial charge in [0.1, 0.15) is 0 Å². The van der Waals surface area contributed by atoms with Crippen molar-refractivity contribution in [1.82, 2.24) is 5.43 Å². The minimum Gasteiger partial charge on any atom is -0.268 e. The Balaban J connectivity index is 1.88. The lowest BCUT2D eigenvalue weighted by Crippen LogP contribution is -2.14. The van der Waals surface area contributed by atoms with E-state index < -0.39 is 10.8 Å². The molecule has 23 heavy (non-hydrogen) atoms. The number of amides is 1. The fourth-order valence-corrected chi connectivity index (χ4v) is 1.76. The largest absolute Gasteiger partial charge is 0.269 e. The molecule has 0 spiro atoms. The van der Waals surface area contributed by atoms with Gasteiger partial charge in [0.25, 0.3) is 11.6 Å². The number of carbonyl (C=O) groups excluding carboxylic acids is 1. The number of rotatable bonds is 5. The van der Waals surface area contributed by atoms with Crippen LogP contribution in [0.5, 0.6) is 0 Å². The van der Waals surface area contributed by atoms with E-state index in [0.717, 1.165) is 5.56 Å². The van der Waals surface area contributed by atoms with Gasteiger partial charge in [-0.2, -0.15) is 5.10 Å². The summed E-state index contributed by atoms with van der Waals surface area (Å²) in [5.41, 5.74) is 3.80. The van der Waals surface area contributed by atoms with Crippen molar-refractivity contribution in [2.24, 2.45) is 5.10 Å². The monoisotopic (exact) mass is 329 g/mol. The second kappa shape index (κ2) is 7.86. The number of carbonyl (C=O) groups is 1. The van der Waals surface area contributed by atoms with Crippen LogP contribution in [0.15, 0.2) is 59.7 Å². The molecule has 0 radical (unpaired) electrons. The van der Waals surface area contributed by atoms with Gasteiger partial charge in [0.15, 0.2) is 0 Å². The highest BCUT2D eigenvalue weighted by Gasteiger charge is 2.02. The normalized spacial score (nSPS) is 11.0. The van der Waals surface area contributed by atoms with E-state index in [4.69, 9.17) is 11.6 Å². The topological polar surface area (TPSA) is 84.6 Å². The average molecular weight is 330 g/mol. The van der Waals surface area contributed by atoms with Crippen molar-refractivity contribution >= 4 is 35.5 Å². The first-order valence-corrected chi connectivity index (χ1v) is 6.93. The van der Waals surface area contributed by atoms with Crippen LogP contribution in [0.4, 0.5) is 5.69 Å². The zero-order valence-electron chi connectivity index (χ0n) is 11.8. The van der Waals surface area contributed by atoms with E-state index >= 15 is 0 Å². The first kappa shape index (κ1) is 16.4. The molecule has 1 N–H and O–H groups in total. The second-order valence-electron chi connectivity index (χ2n) is 4.47. The number of non-ortho nitro benzene ring substituents is 1.